The van der Waals surface area contributed by atoms with Crippen LogP contribution in [0.4, 0.5) is 13.2 Å². The van der Waals surface area contributed by atoms with Crippen LogP contribution in [0.3, 0.4) is 0 Å². The van der Waals surface area contributed by atoms with Gasteiger partial charge in [-0.15, -0.1) is 0 Å². The van der Waals surface area contributed by atoms with Gasteiger partial charge in [0.15, 0.2) is 11.4 Å². The van der Waals surface area contributed by atoms with Gasteiger partial charge in [0.05, 0.1) is 10.8 Å². The molecular weight excluding hydrogens is 389 g/mol. The molecule has 0 unspecified atom stereocenters. The third kappa shape index (κ3) is 2.90. The van der Waals surface area contributed by atoms with Crippen molar-refractivity contribution >= 4 is 43.9 Å². The second-order valence-corrected chi connectivity index (χ2v) is 7.05. The van der Waals surface area contributed by atoms with Gasteiger partial charge < -0.3 is 8.83 Å². The molecule has 0 radical (unpaired) electrons. The predicted octanol–water partition coefficient (Wildman–Crippen LogP) is 7.90. The van der Waals surface area contributed by atoms with E-state index in [-0.39, 0.29) is 11.4 Å². The third-order valence-corrected chi connectivity index (χ3v) is 5.02. The number of rotatable bonds is 0. The van der Waals surface area contributed by atoms with Crippen molar-refractivity contribution in [3.8, 4) is 0 Å². The molecule has 0 bridgehead atoms. The Labute approximate surface area is 169 Å². The minimum absolute atomic E-state index is 0.109. The van der Waals surface area contributed by atoms with E-state index >= 15 is 0 Å². The van der Waals surface area contributed by atoms with Crippen LogP contribution < -0.4 is 0 Å². The van der Waals surface area contributed by atoms with E-state index in [1.807, 2.05) is 25.1 Å². The van der Waals surface area contributed by atoms with Crippen molar-refractivity contribution in [3.05, 3.63) is 95.8 Å². The molecule has 0 saturated heterocycles. The molecule has 0 amide bonds. The molecule has 5 heteroatoms. The monoisotopic (exact) mass is 404 g/mol. The molecule has 0 spiro atoms. The molecule has 2 aromatic heterocycles. The van der Waals surface area contributed by atoms with Gasteiger partial charge in [0.2, 0.25) is 0 Å². The maximum Gasteiger partial charge on any atom is 0.171 e. The van der Waals surface area contributed by atoms with E-state index in [4.69, 9.17) is 8.83 Å². The highest BCUT2D eigenvalue weighted by Crippen LogP contribution is 2.32. The summed E-state index contributed by atoms with van der Waals surface area (Å²) in [6.07, 6.45) is 0. The van der Waals surface area contributed by atoms with Crippen molar-refractivity contribution in [3.63, 3.8) is 0 Å². The second kappa shape index (κ2) is 6.95. The first kappa shape index (κ1) is 18.3. The molecule has 6 rings (SSSR count). The van der Waals surface area contributed by atoms with E-state index in [1.54, 1.807) is 30.3 Å². The Bertz CT molecular complexity index is 1530. The van der Waals surface area contributed by atoms with Crippen molar-refractivity contribution in [2.45, 2.75) is 6.92 Å². The van der Waals surface area contributed by atoms with E-state index in [1.165, 1.54) is 24.3 Å². The highest BCUT2D eigenvalue weighted by atomic mass is 19.1. The highest BCUT2D eigenvalue weighted by Gasteiger charge is 2.13. The van der Waals surface area contributed by atoms with Crippen molar-refractivity contribution in [1.29, 1.82) is 0 Å². The average Bonchev–Trinajstić information content (AvgIpc) is 3.29. The van der Waals surface area contributed by atoms with Gasteiger partial charge in [-0.1, -0.05) is 35.9 Å². The first-order valence-electron chi connectivity index (χ1n) is 9.35. The molecule has 0 fully saturated rings. The molecule has 0 saturated carbocycles. The molecule has 148 valence electrons. The first-order chi connectivity index (χ1) is 14.5. The van der Waals surface area contributed by atoms with Crippen LogP contribution in [0.5, 0.6) is 0 Å². The Morgan fingerprint density at radius 1 is 0.567 bits per heavy atom. The van der Waals surface area contributed by atoms with Gasteiger partial charge in [0.25, 0.3) is 0 Å². The summed E-state index contributed by atoms with van der Waals surface area (Å²) in [7, 11) is 0. The van der Waals surface area contributed by atoms with Crippen molar-refractivity contribution in [2.24, 2.45) is 0 Å². The van der Waals surface area contributed by atoms with Crippen LogP contribution in [0.15, 0.2) is 81.6 Å². The van der Waals surface area contributed by atoms with Crippen LogP contribution in [-0.4, -0.2) is 0 Å². The zero-order valence-electron chi connectivity index (χ0n) is 15.9. The minimum atomic E-state index is -0.469. The summed E-state index contributed by atoms with van der Waals surface area (Å²) < 4.78 is 51.3. The van der Waals surface area contributed by atoms with Crippen molar-refractivity contribution < 1.29 is 22.0 Å². The fourth-order valence-electron chi connectivity index (χ4n) is 3.67. The molecule has 30 heavy (non-hydrogen) atoms. The lowest BCUT2D eigenvalue weighted by Gasteiger charge is -1.92. The lowest BCUT2D eigenvalue weighted by atomic mass is 10.1. The molecule has 0 N–H and O–H groups in total. The molecule has 0 aliphatic heterocycles. The van der Waals surface area contributed by atoms with E-state index in [0.717, 1.165) is 16.5 Å². The summed E-state index contributed by atoms with van der Waals surface area (Å²) in [5, 5.41) is 2.24. The fraction of sp³-hybridized carbons (Fsp3) is 0.0400. The maximum atomic E-state index is 13.6. The van der Waals surface area contributed by atoms with Gasteiger partial charge in [0.1, 0.15) is 28.4 Å². The Balaban J connectivity index is 0.000000128. The van der Waals surface area contributed by atoms with Gasteiger partial charge in [-0.25, -0.2) is 13.2 Å². The number of fused-ring (bicyclic) bond motifs is 6. The maximum absolute atomic E-state index is 13.6. The molecular formula is C25H15F3O2. The lowest BCUT2D eigenvalue weighted by Crippen LogP contribution is -1.75. The minimum Gasteiger partial charge on any atom is -0.456 e. The summed E-state index contributed by atoms with van der Waals surface area (Å²) >= 11 is 0. The molecule has 0 atom stereocenters. The Hall–Kier alpha value is -3.73. The molecule has 2 nitrogen and oxygen atoms in total. The van der Waals surface area contributed by atoms with Crippen LogP contribution >= 0.6 is 0 Å². The number of halogens is 3. The Morgan fingerprint density at radius 2 is 1.17 bits per heavy atom. The van der Waals surface area contributed by atoms with Crippen LogP contribution in [0.1, 0.15) is 5.56 Å². The van der Waals surface area contributed by atoms with Crippen LogP contribution in [-0.2, 0) is 0 Å². The summed E-state index contributed by atoms with van der Waals surface area (Å²) in [6, 6.07) is 19.7. The number of hydrogen-bond acceptors (Lipinski definition) is 2. The fourth-order valence-corrected chi connectivity index (χ4v) is 3.67. The van der Waals surface area contributed by atoms with Gasteiger partial charge in [-0.05, 0) is 49.4 Å². The van der Waals surface area contributed by atoms with E-state index in [0.29, 0.717) is 27.3 Å². The van der Waals surface area contributed by atoms with Crippen LogP contribution in [0, 0.1) is 24.4 Å². The van der Waals surface area contributed by atoms with E-state index in [2.05, 4.69) is 0 Å². The van der Waals surface area contributed by atoms with Gasteiger partial charge in [-0.2, -0.15) is 0 Å². The van der Waals surface area contributed by atoms with E-state index < -0.39 is 11.6 Å². The quantitative estimate of drug-likeness (QED) is 0.257. The van der Waals surface area contributed by atoms with Gasteiger partial charge >= 0.3 is 0 Å². The number of para-hydroxylation sites is 1. The summed E-state index contributed by atoms with van der Waals surface area (Å²) in [4.78, 5) is 0. The first-order valence-corrected chi connectivity index (χ1v) is 9.35. The summed E-state index contributed by atoms with van der Waals surface area (Å²) in [5.41, 5.74) is 2.93. The summed E-state index contributed by atoms with van der Waals surface area (Å²) in [5.74, 6) is -1.09. The molecule has 6 aromatic rings. The van der Waals surface area contributed by atoms with Crippen molar-refractivity contribution in [1.82, 2.24) is 0 Å². The summed E-state index contributed by atoms with van der Waals surface area (Å²) in [6.45, 7) is 1.99. The molecule has 2 heterocycles. The normalized spacial score (nSPS) is 11.3. The van der Waals surface area contributed by atoms with Gasteiger partial charge in [0, 0.05) is 10.8 Å². The number of furan rings is 2. The Morgan fingerprint density at radius 3 is 1.90 bits per heavy atom. The second-order valence-electron chi connectivity index (χ2n) is 7.05. The number of aryl methyl sites for hydroxylation is 1. The predicted molar refractivity (Wildman–Crippen MR) is 112 cm³/mol. The lowest BCUT2D eigenvalue weighted by molar-refractivity contribution is 0.583. The molecule has 0 aliphatic rings. The molecule has 4 aromatic carbocycles. The third-order valence-electron chi connectivity index (χ3n) is 5.02. The largest absolute Gasteiger partial charge is 0.456 e. The number of hydrogen-bond donors (Lipinski definition) is 0. The SMILES string of the molecule is Cc1ccc2oc3cccc(F)c3c2c1.Fc1cccc2c1oc1cccc(F)c12. The number of benzene rings is 4. The van der Waals surface area contributed by atoms with E-state index in [9.17, 15) is 13.2 Å². The average molecular weight is 404 g/mol. The zero-order chi connectivity index (χ0) is 20.8. The molecule has 0 aliphatic carbocycles. The standard InChI is InChI=1S/C13H9FO.C12H6F2O/c1-8-5-6-11-9(7-8)13-10(14)3-2-4-12(13)15-11;13-8-4-2-6-10-11(8)7-3-1-5-9(14)12(7)15-10/h2-7H,1H3;1-6H. The van der Waals surface area contributed by atoms with Crippen LogP contribution in [0.2, 0.25) is 0 Å². The topological polar surface area (TPSA) is 26.3 Å². The van der Waals surface area contributed by atoms with Crippen molar-refractivity contribution in [2.75, 3.05) is 0 Å². The van der Waals surface area contributed by atoms with Gasteiger partial charge in [-0.3, -0.25) is 0 Å². The Kier molecular flexibility index (Phi) is 4.24. The zero-order valence-corrected chi connectivity index (χ0v) is 15.9. The highest BCUT2D eigenvalue weighted by molar-refractivity contribution is 6.06. The van der Waals surface area contributed by atoms with Crippen LogP contribution in [0.25, 0.3) is 43.9 Å². The smallest absolute Gasteiger partial charge is 0.171 e.